The summed E-state index contributed by atoms with van der Waals surface area (Å²) in [5, 5.41) is 60.4. The van der Waals surface area contributed by atoms with Gasteiger partial charge >= 0.3 is 17.9 Å². The molecule has 99 heavy (non-hydrogen) atoms. The molecule has 0 radical (unpaired) electrons. The molecule has 22 N–H and O–H groups in total. The molecule has 3 rings (SSSR count). The first-order valence-corrected chi connectivity index (χ1v) is 31.6. The number of primary amides is 1. The number of hydrogen-bond donors (Lipinski definition) is 20. The van der Waals surface area contributed by atoms with E-state index in [1.54, 1.807) is 30.5 Å². The van der Waals surface area contributed by atoms with Crippen molar-refractivity contribution in [2.24, 2.45) is 11.5 Å². The summed E-state index contributed by atoms with van der Waals surface area (Å²) < 4.78 is 0. The number of carboxylic acid groups (broad SMARTS) is 3. The maximum absolute atomic E-state index is 14.3. The van der Waals surface area contributed by atoms with Crippen LogP contribution >= 0.6 is 0 Å². The van der Waals surface area contributed by atoms with Gasteiger partial charge in [0.1, 0.15) is 78.5 Å². The highest BCUT2D eigenvalue weighted by Crippen LogP contribution is 2.20. The number of unbranched alkanes of at least 4 members (excludes halogenated alkanes) is 1. The Hall–Kier alpha value is -11.1. The fourth-order valence-electron chi connectivity index (χ4n) is 9.36. The number of fused-ring (bicyclic) bond motifs is 1. The highest BCUT2D eigenvalue weighted by atomic mass is 16.4. The third-order valence-corrected chi connectivity index (χ3v) is 15.1. The molecule has 0 spiro atoms. The van der Waals surface area contributed by atoms with Crippen LogP contribution in [-0.2, 0) is 94.3 Å². The molecule has 3 aromatic rings. The van der Waals surface area contributed by atoms with Crippen LogP contribution in [0.4, 0.5) is 0 Å². The van der Waals surface area contributed by atoms with E-state index in [1.165, 1.54) is 67.9 Å². The van der Waals surface area contributed by atoms with Crippen LogP contribution in [0.15, 0.2) is 43.0 Å². The van der Waals surface area contributed by atoms with Gasteiger partial charge in [-0.15, -0.1) is 0 Å². The van der Waals surface area contributed by atoms with Crippen LogP contribution < -0.4 is 80.6 Å². The van der Waals surface area contributed by atoms with Crippen LogP contribution in [0, 0.1) is 0 Å². The van der Waals surface area contributed by atoms with Crippen molar-refractivity contribution in [3.63, 3.8) is 0 Å². The Kier molecular flexibility index (Phi) is 33.6. The number of carboxylic acids is 3. The van der Waals surface area contributed by atoms with E-state index in [4.69, 9.17) is 11.5 Å². The third kappa shape index (κ3) is 28.6. The second-order valence-electron chi connectivity index (χ2n) is 23.5. The van der Waals surface area contributed by atoms with Gasteiger partial charge in [-0.05, 0) is 105 Å². The number of carbonyl (C=O) groups is 17. The standard InChI is InChI=1S/C61H90N18O20/c1-28(49(63)87)68-56(94)40(15-11-12-22-62)77-58(96)42(17-20-47(83)84)75-53(91)32(5)70-51(89)30(3)72-61(99)45(24-37-26-64-27-66-37)78-55(93)34(7)71-57(95)41(16-19-46(81)82)74-54(92)33(6)73-60(98)44(23-36-25-65-39-14-10-9-13-38(36)39)79-59(97)43(18-21-48(85)86)76-52(90)31(4)69-50(88)29(2)67-35(8)80/h9-10,13-14,25-34,40-45,65H,11-12,15-24,62H2,1-8H3,(H2,63,87)(H,64,66)(H,67,80)(H,68,94)(H,69,88)(H,70,89)(H,71,95)(H,72,99)(H,73,98)(H,74,92)(H,75,91)(H,76,90)(H,77,96)(H,78,93)(H,79,97)(H,81,82)(H,83,84)(H,85,86)/t28-,29-,30-,31-,32-,33-,34-,40-,41-,42-,43-,44-,45-/m0/s1. The molecule has 2 aromatic heterocycles. The Labute approximate surface area is 567 Å². The second kappa shape index (κ2) is 40.5. The fourth-order valence-corrected chi connectivity index (χ4v) is 9.36. The van der Waals surface area contributed by atoms with Gasteiger partial charge in [0.2, 0.25) is 82.7 Å². The van der Waals surface area contributed by atoms with Crippen LogP contribution in [0.25, 0.3) is 10.9 Å². The van der Waals surface area contributed by atoms with Gasteiger partial charge in [0.15, 0.2) is 0 Å². The number of nitrogens with zero attached hydrogens (tertiary/aromatic N) is 1. The summed E-state index contributed by atoms with van der Waals surface area (Å²) in [7, 11) is 0. The number of aromatic amines is 2. The number of carbonyl (C=O) groups excluding carboxylic acids is 14. The number of nitrogens with one attached hydrogen (secondary N) is 15. The summed E-state index contributed by atoms with van der Waals surface area (Å²) in [6.45, 7) is 10.1. The van der Waals surface area contributed by atoms with E-state index < -0.39 is 218 Å². The molecule has 0 unspecified atom stereocenters. The molecule has 0 fully saturated rings. The minimum Gasteiger partial charge on any atom is -0.481 e. The smallest absolute Gasteiger partial charge is 0.303 e. The van der Waals surface area contributed by atoms with Crippen molar-refractivity contribution in [2.75, 3.05) is 6.54 Å². The number of para-hydroxylation sites is 1. The minimum atomic E-state index is -1.72. The van der Waals surface area contributed by atoms with Crippen LogP contribution in [0.3, 0.4) is 0 Å². The van der Waals surface area contributed by atoms with Gasteiger partial charge in [0, 0.05) is 68.0 Å². The molecule has 544 valence electrons. The first-order valence-electron chi connectivity index (χ1n) is 31.6. The Balaban J connectivity index is 1.78. The second-order valence-corrected chi connectivity index (χ2v) is 23.5. The molecule has 2 heterocycles. The van der Waals surface area contributed by atoms with Crippen molar-refractivity contribution in [1.82, 2.24) is 84.1 Å². The Morgan fingerprint density at radius 1 is 0.414 bits per heavy atom. The van der Waals surface area contributed by atoms with Gasteiger partial charge in [0.25, 0.3) is 0 Å². The van der Waals surface area contributed by atoms with Gasteiger partial charge in [-0.25, -0.2) is 4.98 Å². The zero-order valence-electron chi connectivity index (χ0n) is 55.9. The van der Waals surface area contributed by atoms with Gasteiger partial charge in [-0.1, -0.05) is 18.2 Å². The maximum atomic E-state index is 14.3. The number of benzene rings is 1. The van der Waals surface area contributed by atoms with Gasteiger partial charge < -0.3 is 106 Å². The van der Waals surface area contributed by atoms with E-state index in [0.717, 1.165) is 0 Å². The zero-order chi connectivity index (χ0) is 74.4. The molecule has 38 heteroatoms. The van der Waals surface area contributed by atoms with Crippen molar-refractivity contribution < 1.29 is 96.8 Å². The van der Waals surface area contributed by atoms with Gasteiger partial charge in [-0.2, -0.15) is 0 Å². The molecular weight excluding hydrogens is 1300 g/mol. The summed E-state index contributed by atoms with van der Waals surface area (Å²) in [4.78, 5) is 232. The van der Waals surface area contributed by atoms with E-state index >= 15 is 0 Å². The third-order valence-electron chi connectivity index (χ3n) is 15.1. The number of nitrogens with two attached hydrogens (primary N) is 2. The van der Waals surface area contributed by atoms with Crippen molar-refractivity contribution in [1.29, 1.82) is 0 Å². The summed E-state index contributed by atoms with van der Waals surface area (Å²) in [5.74, 6) is -17.3. The lowest BCUT2D eigenvalue weighted by molar-refractivity contribution is -0.139. The van der Waals surface area contributed by atoms with E-state index in [-0.39, 0.29) is 31.5 Å². The maximum Gasteiger partial charge on any atom is 0.303 e. The summed E-state index contributed by atoms with van der Waals surface area (Å²) in [5.41, 5.74) is 12.3. The highest BCUT2D eigenvalue weighted by molar-refractivity contribution is 6.00. The lowest BCUT2D eigenvalue weighted by Crippen LogP contribution is -2.60. The Morgan fingerprint density at radius 2 is 0.747 bits per heavy atom. The van der Waals surface area contributed by atoms with Crippen molar-refractivity contribution in [2.45, 2.75) is 205 Å². The number of rotatable bonds is 43. The van der Waals surface area contributed by atoms with Crippen LogP contribution in [0.5, 0.6) is 0 Å². The molecule has 0 bridgehead atoms. The molecule has 1 aromatic carbocycles. The van der Waals surface area contributed by atoms with E-state index in [1.807, 2.05) is 0 Å². The number of hydrogen-bond acceptors (Lipinski definition) is 19. The van der Waals surface area contributed by atoms with Crippen LogP contribution in [-0.4, -0.2) is 216 Å². The first-order chi connectivity index (χ1) is 46.5. The topological polar surface area (TPSA) is 604 Å². The monoisotopic (exact) mass is 1390 g/mol. The summed E-state index contributed by atoms with van der Waals surface area (Å²) in [6.07, 6.45) is 0.792. The summed E-state index contributed by atoms with van der Waals surface area (Å²) in [6, 6.07) is -12.0. The average molecular weight is 1400 g/mol. The number of H-pyrrole nitrogens is 2. The molecular formula is C61H90N18O20. The number of aliphatic carboxylic acids is 3. The first kappa shape index (κ1) is 82.2. The lowest BCUT2D eigenvalue weighted by atomic mass is 10.0. The highest BCUT2D eigenvalue weighted by Gasteiger charge is 2.36. The minimum absolute atomic E-state index is 0.0289. The van der Waals surface area contributed by atoms with E-state index in [9.17, 15) is 96.8 Å². The van der Waals surface area contributed by atoms with Gasteiger partial charge in [0.05, 0.1) is 6.33 Å². The number of imidazole rings is 1. The Bertz CT molecular complexity index is 3400. The van der Waals surface area contributed by atoms with Crippen LogP contribution in [0.1, 0.15) is 124 Å². The predicted molar refractivity (Wildman–Crippen MR) is 347 cm³/mol. The molecule has 0 aliphatic rings. The molecule has 38 nitrogen and oxygen atoms in total. The lowest BCUT2D eigenvalue weighted by Gasteiger charge is -2.26. The van der Waals surface area contributed by atoms with E-state index in [0.29, 0.717) is 29.3 Å². The van der Waals surface area contributed by atoms with E-state index in [2.05, 4.69) is 84.1 Å². The SMILES string of the molecule is CC(=O)N[C@@H](C)C(=O)N[C@@H](C)C(=O)N[C@@H](CCC(=O)O)C(=O)N[C@@H](Cc1c[nH]c2ccccc12)C(=O)N[C@@H](C)C(=O)N[C@@H](CCC(=O)O)C(=O)N[C@@H](C)C(=O)N[C@@H](Cc1cnc[nH]1)C(=O)N[C@@H](C)C(=O)N[C@@H](C)C(=O)N[C@@H](CCC(=O)O)C(=O)N[C@@H](CCCCN)C(=O)N[C@@H](C)C(N)=O. The normalized spacial score (nSPS) is 14.9. The Morgan fingerprint density at radius 3 is 1.14 bits per heavy atom. The predicted octanol–water partition coefficient (Wildman–Crippen LogP) is -5.65. The van der Waals surface area contributed by atoms with Crippen molar-refractivity contribution >= 4 is 112 Å². The fraction of sp³-hybridized carbons (Fsp3) is 0.541. The van der Waals surface area contributed by atoms with Crippen LogP contribution in [0.2, 0.25) is 0 Å². The van der Waals surface area contributed by atoms with Crippen molar-refractivity contribution in [3.05, 3.63) is 54.2 Å². The molecule has 0 saturated heterocycles. The van der Waals surface area contributed by atoms with Crippen molar-refractivity contribution in [3.8, 4) is 0 Å². The molecule has 0 saturated carbocycles. The number of amides is 14. The molecule has 0 aliphatic heterocycles. The molecule has 14 amide bonds. The van der Waals surface area contributed by atoms with Gasteiger partial charge in [-0.3, -0.25) is 81.5 Å². The largest absolute Gasteiger partial charge is 0.481 e. The quantitative estimate of drug-likeness (QED) is 0.0235. The number of aromatic nitrogens is 3. The summed E-state index contributed by atoms with van der Waals surface area (Å²) >= 11 is 0. The molecule has 13 atom stereocenters. The molecule has 0 aliphatic carbocycles. The average Bonchev–Trinajstić information content (AvgIpc) is 1.71. The zero-order valence-corrected chi connectivity index (χ0v) is 55.9.